The van der Waals surface area contributed by atoms with E-state index >= 15 is 0 Å². The first-order chi connectivity index (χ1) is 13.8. The standard InChI is InChI=1S/C23H16ClF3N2/c1-15-6-9-17(24)14-20(15)16-7-10-18(11-8-16)29-13-12-28-22(29)19-4-2-3-5-21(19)23(25,26)27/h2-14H,1H3. The van der Waals surface area contributed by atoms with Gasteiger partial charge >= 0.3 is 6.18 Å². The van der Waals surface area contributed by atoms with E-state index in [0.717, 1.165) is 28.4 Å². The molecule has 146 valence electrons. The first kappa shape index (κ1) is 19.3. The molecule has 0 unspecified atom stereocenters. The summed E-state index contributed by atoms with van der Waals surface area (Å²) in [5, 5.41) is 0.648. The number of rotatable bonds is 3. The van der Waals surface area contributed by atoms with Gasteiger partial charge in [0.25, 0.3) is 0 Å². The minimum atomic E-state index is -4.46. The Kier molecular flexibility index (Phi) is 4.92. The molecule has 0 N–H and O–H groups in total. The Labute approximate surface area is 171 Å². The number of imidazole rings is 1. The fraction of sp³-hybridized carbons (Fsp3) is 0.0870. The van der Waals surface area contributed by atoms with Crippen LogP contribution in [0.3, 0.4) is 0 Å². The lowest BCUT2D eigenvalue weighted by Gasteiger charge is -2.14. The van der Waals surface area contributed by atoms with E-state index in [1.54, 1.807) is 16.8 Å². The fourth-order valence-corrected chi connectivity index (χ4v) is 3.52. The number of benzene rings is 3. The predicted molar refractivity (Wildman–Crippen MR) is 109 cm³/mol. The molecule has 1 heterocycles. The number of nitrogens with zero attached hydrogens (tertiary/aromatic N) is 2. The molecule has 0 spiro atoms. The summed E-state index contributed by atoms with van der Waals surface area (Å²) >= 11 is 6.12. The van der Waals surface area contributed by atoms with Crippen LogP contribution >= 0.6 is 11.6 Å². The highest BCUT2D eigenvalue weighted by atomic mass is 35.5. The van der Waals surface area contributed by atoms with Gasteiger partial charge in [-0.25, -0.2) is 4.98 Å². The number of aryl methyl sites for hydroxylation is 1. The summed E-state index contributed by atoms with van der Waals surface area (Å²) in [4.78, 5) is 4.19. The van der Waals surface area contributed by atoms with Gasteiger partial charge in [0.15, 0.2) is 0 Å². The fourth-order valence-electron chi connectivity index (χ4n) is 3.34. The van der Waals surface area contributed by atoms with Gasteiger partial charge in [0.1, 0.15) is 5.82 Å². The highest BCUT2D eigenvalue weighted by Crippen LogP contribution is 2.37. The van der Waals surface area contributed by atoms with Gasteiger partial charge in [0.05, 0.1) is 5.56 Å². The highest BCUT2D eigenvalue weighted by Gasteiger charge is 2.34. The molecule has 0 aliphatic rings. The largest absolute Gasteiger partial charge is 0.417 e. The van der Waals surface area contributed by atoms with Gasteiger partial charge < -0.3 is 0 Å². The van der Waals surface area contributed by atoms with Gasteiger partial charge in [-0.2, -0.15) is 13.2 Å². The average Bonchev–Trinajstić information content (AvgIpc) is 3.19. The first-order valence-electron chi connectivity index (χ1n) is 8.91. The van der Waals surface area contributed by atoms with Crippen molar-refractivity contribution in [1.82, 2.24) is 9.55 Å². The summed E-state index contributed by atoms with van der Waals surface area (Å²) in [5.74, 6) is 0.240. The zero-order valence-electron chi connectivity index (χ0n) is 15.4. The van der Waals surface area contributed by atoms with Crippen molar-refractivity contribution in [3.8, 4) is 28.2 Å². The molecule has 29 heavy (non-hydrogen) atoms. The van der Waals surface area contributed by atoms with E-state index in [4.69, 9.17) is 11.6 Å². The maximum Gasteiger partial charge on any atom is 0.417 e. The summed E-state index contributed by atoms with van der Waals surface area (Å²) in [6.07, 6.45) is -1.30. The molecule has 0 saturated heterocycles. The van der Waals surface area contributed by atoms with Crippen LogP contribution < -0.4 is 0 Å². The Balaban J connectivity index is 1.76. The third-order valence-electron chi connectivity index (χ3n) is 4.77. The van der Waals surface area contributed by atoms with Crippen LogP contribution in [-0.4, -0.2) is 9.55 Å². The van der Waals surface area contributed by atoms with Gasteiger partial charge in [-0.15, -0.1) is 0 Å². The van der Waals surface area contributed by atoms with E-state index in [-0.39, 0.29) is 11.4 Å². The number of alkyl halides is 3. The van der Waals surface area contributed by atoms with Crippen LogP contribution in [-0.2, 0) is 6.18 Å². The predicted octanol–water partition coefficient (Wildman–Crippen LogP) is 7.19. The SMILES string of the molecule is Cc1ccc(Cl)cc1-c1ccc(-n2ccnc2-c2ccccc2C(F)(F)F)cc1. The van der Waals surface area contributed by atoms with Crippen molar-refractivity contribution < 1.29 is 13.2 Å². The van der Waals surface area contributed by atoms with E-state index in [1.165, 1.54) is 18.3 Å². The maximum absolute atomic E-state index is 13.4. The summed E-state index contributed by atoms with van der Waals surface area (Å²) in [6, 6.07) is 18.7. The van der Waals surface area contributed by atoms with Gasteiger partial charge in [-0.1, -0.05) is 48.0 Å². The molecule has 0 amide bonds. The molecular formula is C23H16ClF3N2. The van der Waals surface area contributed by atoms with Crippen LogP contribution in [0.4, 0.5) is 13.2 Å². The van der Waals surface area contributed by atoms with E-state index in [2.05, 4.69) is 4.98 Å². The molecule has 0 aliphatic carbocycles. The minimum absolute atomic E-state index is 0.0414. The van der Waals surface area contributed by atoms with Crippen LogP contribution in [0.1, 0.15) is 11.1 Å². The van der Waals surface area contributed by atoms with Crippen LogP contribution in [0.2, 0.25) is 5.02 Å². The Morgan fingerprint density at radius 1 is 0.897 bits per heavy atom. The van der Waals surface area contributed by atoms with Gasteiger partial charge in [-0.3, -0.25) is 4.57 Å². The van der Waals surface area contributed by atoms with E-state index in [1.807, 2.05) is 49.4 Å². The van der Waals surface area contributed by atoms with E-state index < -0.39 is 11.7 Å². The van der Waals surface area contributed by atoms with Crippen molar-refractivity contribution in [2.24, 2.45) is 0 Å². The first-order valence-corrected chi connectivity index (χ1v) is 9.29. The lowest BCUT2D eigenvalue weighted by Crippen LogP contribution is -2.08. The number of hydrogen-bond donors (Lipinski definition) is 0. The zero-order valence-corrected chi connectivity index (χ0v) is 16.2. The topological polar surface area (TPSA) is 17.8 Å². The smallest absolute Gasteiger partial charge is 0.300 e. The Bertz CT molecular complexity index is 1160. The van der Waals surface area contributed by atoms with E-state index in [9.17, 15) is 13.2 Å². The van der Waals surface area contributed by atoms with Crippen molar-refractivity contribution in [1.29, 1.82) is 0 Å². The normalized spacial score (nSPS) is 11.6. The molecule has 4 aromatic rings. The second-order valence-corrected chi connectivity index (χ2v) is 7.11. The number of aromatic nitrogens is 2. The van der Waals surface area contributed by atoms with Crippen molar-refractivity contribution in [3.63, 3.8) is 0 Å². The Morgan fingerprint density at radius 3 is 2.34 bits per heavy atom. The molecule has 0 bridgehead atoms. The van der Waals surface area contributed by atoms with Crippen molar-refractivity contribution in [3.05, 3.63) is 95.3 Å². The average molecular weight is 413 g/mol. The third kappa shape index (κ3) is 3.78. The summed E-state index contributed by atoms with van der Waals surface area (Å²) in [7, 11) is 0. The second-order valence-electron chi connectivity index (χ2n) is 6.67. The molecule has 3 aromatic carbocycles. The summed E-state index contributed by atoms with van der Waals surface area (Å²) in [5.41, 5.74) is 3.13. The number of hydrogen-bond acceptors (Lipinski definition) is 1. The molecule has 1 aromatic heterocycles. The monoisotopic (exact) mass is 412 g/mol. The lowest BCUT2D eigenvalue weighted by molar-refractivity contribution is -0.137. The van der Waals surface area contributed by atoms with E-state index in [0.29, 0.717) is 5.02 Å². The number of halogens is 4. The van der Waals surface area contributed by atoms with Crippen LogP contribution in [0.25, 0.3) is 28.2 Å². The molecule has 0 fully saturated rings. The molecular weight excluding hydrogens is 397 g/mol. The highest BCUT2D eigenvalue weighted by molar-refractivity contribution is 6.30. The van der Waals surface area contributed by atoms with Crippen molar-refractivity contribution in [2.75, 3.05) is 0 Å². The van der Waals surface area contributed by atoms with Crippen LogP contribution in [0, 0.1) is 6.92 Å². The summed E-state index contributed by atoms with van der Waals surface area (Å²) in [6.45, 7) is 2.00. The quantitative estimate of drug-likeness (QED) is 0.348. The molecule has 0 saturated carbocycles. The van der Waals surface area contributed by atoms with Crippen LogP contribution in [0.15, 0.2) is 79.1 Å². The summed E-state index contributed by atoms with van der Waals surface area (Å²) < 4.78 is 42.0. The third-order valence-corrected chi connectivity index (χ3v) is 5.01. The zero-order chi connectivity index (χ0) is 20.6. The molecule has 0 radical (unpaired) electrons. The van der Waals surface area contributed by atoms with Gasteiger partial charge in [0.2, 0.25) is 0 Å². The van der Waals surface area contributed by atoms with Gasteiger partial charge in [-0.05, 0) is 53.9 Å². The molecule has 4 rings (SSSR count). The molecule has 0 aliphatic heterocycles. The second kappa shape index (κ2) is 7.41. The molecule has 0 atom stereocenters. The molecule has 2 nitrogen and oxygen atoms in total. The Morgan fingerprint density at radius 2 is 1.62 bits per heavy atom. The Hall–Kier alpha value is -3.05. The van der Waals surface area contributed by atoms with Crippen molar-refractivity contribution >= 4 is 11.6 Å². The van der Waals surface area contributed by atoms with Gasteiger partial charge in [0, 0.05) is 28.7 Å². The molecule has 6 heteroatoms. The minimum Gasteiger partial charge on any atom is -0.300 e. The maximum atomic E-state index is 13.4. The van der Waals surface area contributed by atoms with Crippen molar-refractivity contribution in [2.45, 2.75) is 13.1 Å². The lowest BCUT2D eigenvalue weighted by atomic mass is 10.0. The van der Waals surface area contributed by atoms with Crippen LogP contribution in [0.5, 0.6) is 0 Å².